The van der Waals surface area contributed by atoms with Crippen LogP contribution in [0.1, 0.15) is 46.9 Å². The summed E-state index contributed by atoms with van der Waals surface area (Å²) in [5, 5.41) is 2.48. The molecule has 3 heterocycles. The number of fused-ring (bicyclic) bond motifs is 1. The zero-order valence-corrected chi connectivity index (χ0v) is 19.7. The number of carbonyl (C=O) groups excluding carboxylic acids is 2. The van der Waals surface area contributed by atoms with E-state index in [0.29, 0.717) is 19.4 Å². The highest BCUT2D eigenvalue weighted by Crippen LogP contribution is 2.39. The number of hydrogen-bond acceptors (Lipinski definition) is 5. The fraction of sp³-hybridized carbons (Fsp3) is 0.360. The lowest BCUT2D eigenvalue weighted by Gasteiger charge is -2.32. The van der Waals surface area contributed by atoms with Crippen LogP contribution in [0.4, 0.5) is 4.39 Å². The number of nitrogens with one attached hydrogen (secondary N) is 1. The quantitative estimate of drug-likeness (QED) is 0.500. The van der Waals surface area contributed by atoms with E-state index in [-0.39, 0.29) is 34.1 Å². The molecule has 2 unspecified atom stereocenters. The molecule has 0 bridgehead atoms. The van der Waals surface area contributed by atoms with Crippen LogP contribution < -0.4 is 5.32 Å². The van der Waals surface area contributed by atoms with Gasteiger partial charge >= 0.3 is 0 Å². The summed E-state index contributed by atoms with van der Waals surface area (Å²) in [7, 11) is 0. The average molecular weight is 486 g/mol. The molecule has 2 atom stereocenters. The lowest BCUT2D eigenvalue weighted by atomic mass is 9.98. The molecule has 5 rings (SSSR count). The number of imide groups is 1. The summed E-state index contributed by atoms with van der Waals surface area (Å²) in [6, 6.07) is 11.0. The van der Waals surface area contributed by atoms with Crippen molar-refractivity contribution in [2.24, 2.45) is 0 Å². The number of nitrogens with zero attached hydrogens (tertiary/aromatic N) is 2. The number of benzene rings is 2. The molecule has 0 aliphatic carbocycles. The van der Waals surface area contributed by atoms with Crippen LogP contribution in [0.3, 0.4) is 0 Å². The highest BCUT2D eigenvalue weighted by atomic mass is 35.5. The summed E-state index contributed by atoms with van der Waals surface area (Å²) in [6.45, 7) is 3.10. The van der Waals surface area contributed by atoms with Gasteiger partial charge in [-0.2, -0.15) is 12.6 Å². The molecule has 33 heavy (non-hydrogen) atoms. The van der Waals surface area contributed by atoms with E-state index < -0.39 is 0 Å². The first-order valence-electron chi connectivity index (χ1n) is 11.2. The largest absolute Gasteiger partial charge is 0.295 e. The number of halogens is 2. The second-order valence-corrected chi connectivity index (χ2v) is 9.73. The van der Waals surface area contributed by atoms with Crippen LogP contribution in [0.25, 0.3) is 5.57 Å². The van der Waals surface area contributed by atoms with E-state index >= 15 is 0 Å². The van der Waals surface area contributed by atoms with Crippen LogP contribution in [0.5, 0.6) is 0 Å². The maximum atomic E-state index is 13.8. The number of carbonyl (C=O) groups is 2. The van der Waals surface area contributed by atoms with Crippen LogP contribution >= 0.6 is 24.2 Å². The van der Waals surface area contributed by atoms with E-state index in [1.54, 1.807) is 6.07 Å². The van der Waals surface area contributed by atoms with Gasteiger partial charge in [0.25, 0.3) is 0 Å². The van der Waals surface area contributed by atoms with E-state index in [2.05, 4.69) is 39.4 Å². The van der Waals surface area contributed by atoms with Crippen LogP contribution in [0, 0.1) is 5.82 Å². The minimum atomic E-state index is -0.385. The maximum absolute atomic E-state index is 13.8. The van der Waals surface area contributed by atoms with Crippen LogP contribution in [0.15, 0.2) is 42.5 Å². The Morgan fingerprint density at radius 3 is 2.79 bits per heavy atom. The predicted octanol–water partition coefficient (Wildman–Crippen LogP) is 4.32. The molecule has 2 aromatic carbocycles. The summed E-state index contributed by atoms with van der Waals surface area (Å²) in [5.74, 6) is -0.818. The van der Waals surface area contributed by atoms with Crippen molar-refractivity contribution in [2.45, 2.75) is 43.8 Å². The molecule has 3 aliphatic rings. The average Bonchev–Trinajstić information content (AvgIpc) is 3.12. The third-order valence-electron chi connectivity index (χ3n) is 6.76. The summed E-state index contributed by atoms with van der Waals surface area (Å²) in [5.41, 5.74) is 5.37. The van der Waals surface area contributed by atoms with Gasteiger partial charge in [0.2, 0.25) is 11.8 Å². The number of rotatable bonds is 4. The van der Waals surface area contributed by atoms with Crippen LogP contribution in [0.2, 0.25) is 5.02 Å². The Balaban J connectivity index is 1.25. The summed E-state index contributed by atoms with van der Waals surface area (Å²) < 4.78 is 13.8. The van der Waals surface area contributed by atoms with Crippen molar-refractivity contribution >= 4 is 41.6 Å². The first-order chi connectivity index (χ1) is 15.9. The first-order valence-corrected chi connectivity index (χ1v) is 12.0. The Labute approximate surface area is 203 Å². The first kappa shape index (κ1) is 22.6. The number of hydrogen-bond donors (Lipinski definition) is 2. The minimum Gasteiger partial charge on any atom is -0.295 e. The van der Waals surface area contributed by atoms with Crippen LogP contribution in [-0.2, 0) is 22.7 Å². The fourth-order valence-electron chi connectivity index (χ4n) is 5.00. The lowest BCUT2D eigenvalue weighted by molar-refractivity contribution is -0.137. The highest BCUT2D eigenvalue weighted by molar-refractivity contribution is 7.80. The van der Waals surface area contributed by atoms with Gasteiger partial charge in [-0.25, -0.2) is 4.39 Å². The Kier molecular flexibility index (Phi) is 6.31. The van der Waals surface area contributed by atoms with Gasteiger partial charge in [-0.1, -0.05) is 48.0 Å². The highest BCUT2D eigenvalue weighted by Gasteiger charge is 2.39. The minimum absolute atomic E-state index is 0.158. The standard InChI is InChI=1S/C25H25ClFN3O2S/c26-23-18(2-1-3-20(23)27)16-8-10-29(11-9-16)13-15-4-5-19-17(12-15)14-30(25(19)33)21-6-7-22(31)28-24(21)32/h1-5,8,12,21,25,33H,6-7,9-11,13-14H2,(H,28,31,32). The number of thiol groups is 1. The molecule has 2 amide bonds. The Morgan fingerprint density at radius 2 is 2.03 bits per heavy atom. The summed E-state index contributed by atoms with van der Waals surface area (Å²) in [6.07, 6.45) is 3.84. The summed E-state index contributed by atoms with van der Waals surface area (Å²) >= 11 is 10.9. The molecular weight excluding hydrogens is 461 g/mol. The zero-order chi connectivity index (χ0) is 23.1. The molecule has 5 nitrogen and oxygen atoms in total. The van der Waals surface area contributed by atoms with Crippen molar-refractivity contribution in [2.75, 3.05) is 13.1 Å². The van der Waals surface area contributed by atoms with Crippen molar-refractivity contribution in [3.05, 3.63) is 75.6 Å². The van der Waals surface area contributed by atoms with Crippen molar-refractivity contribution in [3.63, 3.8) is 0 Å². The molecule has 2 aromatic rings. The molecular formula is C25H25ClFN3O2S. The van der Waals surface area contributed by atoms with E-state index in [4.69, 9.17) is 24.2 Å². The third-order valence-corrected chi connectivity index (χ3v) is 7.72. The predicted molar refractivity (Wildman–Crippen MR) is 129 cm³/mol. The van der Waals surface area contributed by atoms with Gasteiger partial charge in [0.15, 0.2) is 0 Å². The smallest absolute Gasteiger partial charge is 0.243 e. The molecule has 1 N–H and O–H groups in total. The van der Waals surface area contributed by atoms with Gasteiger partial charge in [0.05, 0.1) is 16.4 Å². The topological polar surface area (TPSA) is 52.7 Å². The van der Waals surface area contributed by atoms with Gasteiger partial charge in [0.1, 0.15) is 5.82 Å². The third kappa shape index (κ3) is 4.47. The molecule has 1 fully saturated rings. The van der Waals surface area contributed by atoms with Gasteiger partial charge in [-0.05, 0) is 46.7 Å². The van der Waals surface area contributed by atoms with E-state index in [9.17, 15) is 14.0 Å². The lowest BCUT2D eigenvalue weighted by Crippen LogP contribution is -2.51. The van der Waals surface area contributed by atoms with Gasteiger partial charge < -0.3 is 0 Å². The van der Waals surface area contributed by atoms with Crippen molar-refractivity contribution in [3.8, 4) is 0 Å². The number of amides is 2. The molecule has 1 saturated heterocycles. The normalized spacial score (nSPS) is 23.9. The van der Waals surface area contributed by atoms with E-state index in [1.807, 2.05) is 6.07 Å². The summed E-state index contributed by atoms with van der Waals surface area (Å²) in [4.78, 5) is 28.3. The Bertz CT molecular complexity index is 1150. The van der Waals surface area contributed by atoms with Crippen molar-refractivity contribution in [1.29, 1.82) is 0 Å². The van der Waals surface area contributed by atoms with Gasteiger partial charge in [-0.15, -0.1) is 0 Å². The molecule has 8 heteroatoms. The SMILES string of the molecule is O=C1CCC(N2Cc3cc(CN4CC=C(c5cccc(F)c5Cl)CC4)ccc3C2S)C(=O)N1. The second kappa shape index (κ2) is 9.22. The van der Waals surface area contributed by atoms with E-state index in [1.165, 1.54) is 17.2 Å². The molecule has 0 saturated carbocycles. The van der Waals surface area contributed by atoms with Crippen molar-refractivity contribution < 1.29 is 14.0 Å². The molecule has 3 aliphatic heterocycles. The Morgan fingerprint density at radius 1 is 1.18 bits per heavy atom. The molecule has 0 radical (unpaired) electrons. The molecule has 0 spiro atoms. The fourth-order valence-corrected chi connectivity index (χ4v) is 5.74. The van der Waals surface area contributed by atoms with Gasteiger partial charge in [0, 0.05) is 32.6 Å². The monoisotopic (exact) mass is 485 g/mol. The zero-order valence-electron chi connectivity index (χ0n) is 18.1. The number of piperidine rings is 1. The second-order valence-electron chi connectivity index (χ2n) is 8.86. The van der Waals surface area contributed by atoms with Crippen molar-refractivity contribution in [1.82, 2.24) is 15.1 Å². The maximum Gasteiger partial charge on any atom is 0.243 e. The van der Waals surface area contributed by atoms with E-state index in [0.717, 1.165) is 42.8 Å². The molecule has 172 valence electrons. The van der Waals surface area contributed by atoms with Gasteiger partial charge in [-0.3, -0.25) is 24.7 Å². The van der Waals surface area contributed by atoms with Crippen LogP contribution in [-0.4, -0.2) is 40.7 Å². The Hall–Kier alpha value is -2.19. The molecule has 0 aromatic heterocycles.